The summed E-state index contributed by atoms with van der Waals surface area (Å²) in [5.41, 5.74) is 0.0596. The van der Waals surface area contributed by atoms with Crippen LogP contribution in [0.2, 0.25) is 0 Å². The zero-order valence-corrected chi connectivity index (χ0v) is 9.46. The SMILES string of the molecule is CNc1cnc(C(=O)NC(C)(C)C)cn1. The molecular formula is C10H16N4O. The third kappa shape index (κ3) is 3.53. The van der Waals surface area contributed by atoms with Crippen molar-refractivity contribution >= 4 is 11.7 Å². The Hall–Kier alpha value is -1.65. The average molecular weight is 208 g/mol. The molecular weight excluding hydrogens is 192 g/mol. The van der Waals surface area contributed by atoms with Crippen molar-refractivity contribution in [1.82, 2.24) is 15.3 Å². The molecule has 0 saturated heterocycles. The molecule has 5 nitrogen and oxygen atoms in total. The number of aromatic nitrogens is 2. The minimum Gasteiger partial charge on any atom is -0.372 e. The zero-order valence-electron chi connectivity index (χ0n) is 9.46. The Morgan fingerprint density at radius 2 is 1.93 bits per heavy atom. The average Bonchev–Trinajstić information content (AvgIpc) is 2.15. The quantitative estimate of drug-likeness (QED) is 0.762. The number of hydrogen-bond acceptors (Lipinski definition) is 4. The van der Waals surface area contributed by atoms with Gasteiger partial charge in [-0.05, 0) is 20.8 Å². The zero-order chi connectivity index (χ0) is 11.5. The molecule has 1 aromatic heterocycles. The number of carbonyl (C=O) groups excluding carboxylic acids is 1. The number of rotatable bonds is 2. The van der Waals surface area contributed by atoms with E-state index in [4.69, 9.17) is 0 Å². The molecule has 0 aliphatic heterocycles. The summed E-state index contributed by atoms with van der Waals surface area (Å²) in [6, 6.07) is 0. The Morgan fingerprint density at radius 3 is 2.33 bits per heavy atom. The van der Waals surface area contributed by atoms with Crippen LogP contribution in [0.3, 0.4) is 0 Å². The van der Waals surface area contributed by atoms with Crippen LogP contribution in [0.1, 0.15) is 31.3 Å². The fraction of sp³-hybridized carbons (Fsp3) is 0.500. The number of amides is 1. The van der Waals surface area contributed by atoms with E-state index < -0.39 is 0 Å². The normalized spacial score (nSPS) is 10.9. The molecule has 0 aromatic carbocycles. The summed E-state index contributed by atoms with van der Waals surface area (Å²) >= 11 is 0. The van der Waals surface area contributed by atoms with Crippen LogP contribution in [0.5, 0.6) is 0 Å². The summed E-state index contributed by atoms with van der Waals surface area (Å²) < 4.78 is 0. The molecule has 0 spiro atoms. The van der Waals surface area contributed by atoms with Gasteiger partial charge < -0.3 is 10.6 Å². The molecule has 0 atom stereocenters. The van der Waals surface area contributed by atoms with Crippen LogP contribution in [0.25, 0.3) is 0 Å². The van der Waals surface area contributed by atoms with Crippen LogP contribution >= 0.6 is 0 Å². The van der Waals surface area contributed by atoms with Gasteiger partial charge in [-0.25, -0.2) is 9.97 Å². The first-order valence-corrected chi connectivity index (χ1v) is 4.75. The minimum atomic E-state index is -0.263. The van der Waals surface area contributed by atoms with Crippen LogP contribution in [-0.4, -0.2) is 28.5 Å². The lowest BCUT2D eigenvalue weighted by Gasteiger charge is -2.19. The second kappa shape index (κ2) is 4.25. The standard InChI is InChI=1S/C10H16N4O/c1-10(2,3)14-9(15)7-5-13-8(11-4)6-12-7/h5-6H,1-4H3,(H,11,13)(H,14,15). The van der Waals surface area contributed by atoms with Gasteiger partial charge in [0.05, 0.1) is 12.4 Å². The van der Waals surface area contributed by atoms with Crippen molar-refractivity contribution in [2.24, 2.45) is 0 Å². The first kappa shape index (κ1) is 11.4. The molecule has 0 unspecified atom stereocenters. The molecule has 1 aromatic rings. The highest BCUT2D eigenvalue weighted by Gasteiger charge is 2.16. The van der Waals surface area contributed by atoms with Crippen molar-refractivity contribution in [1.29, 1.82) is 0 Å². The van der Waals surface area contributed by atoms with Crippen molar-refractivity contribution in [3.05, 3.63) is 18.1 Å². The summed E-state index contributed by atoms with van der Waals surface area (Å²) in [5.74, 6) is 0.431. The van der Waals surface area contributed by atoms with Gasteiger partial charge in [-0.3, -0.25) is 4.79 Å². The fourth-order valence-corrected chi connectivity index (χ4v) is 0.979. The van der Waals surface area contributed by atoms with Gasteiger partial charge in [0.2, 0.25) is 0 Å². The highest BCUT2D eigenvalue weighted by molar-refractivity contribution is 5.92. The third-order valence-corrected chi connectivity index (χ3v) is 1.63. The van der Waals surface area contributed by atoms with Gasteiger partial charge >= 0.3 is 0 Å². The Morgan fingerprint density at radius 1 is 1.27 bits per heavy atom. The second-order valence-corrected chi connectivity index (χ2v) is 4.24. The maximum absolute atomic E-state index is 11.6. The van der Waals surface area contributed by atoms with Gasteiger partial charge in [0.15, 0.2) is 0 Å². The van der Waals surface area contributed by atoms with Crippen LogP contribution in [0.4, 0.5) is 5.82 Å². The Labute approximate surface area is 89.3 Å². The molecule has 0 saturated carbocycles. The lowest BCUT2D eigenvalue weighted by molar-refractivity contribution is 0.0914. The van der Waals surface area contributed by atoms with Gasteiger partial charge in [-0.15, -0.1) is 0 Å². The van der Waals surface area contributed by atoms with E-state index in [0.29, 0.717) is 11.5 Å². The highest BCUT2D eigenvalue weighted by Crippen LogP contribution is 2.03. The van der Waals surface area contributed by atoms with Crippen molar-refractivity contribution in [3.63, 3.8) is 0 Å². The number of anilines is 1. The van der Waals surface area contributed by atoms with Crippen molar-refractivity contribution < 1.29 is 4.79 Å². The fourth-order valence-electron chi connectivity index (χ4n) is 0.979. The summed E-state index contributed by atoms with van der Waals surface area (Å²) in [5, 5.41) is 5.65. The molecule has 0 aliphatic rings. The van der Waals surface area contributed by atoms with Crippen molar-refractivity contribution in [2.45, 2.75) is 26.3 Å². The lowest BCUT2D eigenvalue weighted by Crippen LogP contribution is -2.40. The molecule has 1 rings (SSSR count). The van der Waals surface area contributed by atoms with Gasteiger partial charge in [-0.1, -0.05) is 0 Å². The van der Waals surface area contributed by atoms with E-state index in [0.717, 1.165) is 0 Å². The highest BCUT2D eigenvalue weighted by atomic mass is 16.2. The van der Waals surface area contributed by atoms with E-state index in [1.165, 1.54) is 12.4 Å². The smallest absolute Gasteiger partial charge is 0.271 e. The van der Waals surface area contributed by atoms with Gasteiger partial charge in [0.1, 0.15) is 11.5 Å². The van der Waals surface area contributed by atoms with E-state index in [-0.39, 0.29) is 11.4 Å². The second-order valence-electron chi connectivity index (χ2n) is 4.24. The van der Waals surface area contributed by atoms with E-state index in [1.54, 1.807) is 7.05 Å². The van der Waals surface area contributed by atoms with Crippen molar-refractivity contribution in [2.75, 3.05) is 12.4 Å². The van der Waals surface area contributed by atoms with Crippen molar-refractivity contribution in [3.8, 4) is 0 Å². The van der Waals surface area contributed by atoms with Crippen LogP contribution in [-0.2, 0) is 0 Å². The predicted octanol–water partition coefficient (Wildman–Crippen LogP) is 1.05. The molecule has 0 bridgehead atoms. The first-order valence-electron chi connectivity index (χ1n) is 4.75. The molecule has 0 radical (unpaired) electrons. The van der Waals surface area contributed by atoms with E-state index in [2.05, 4.69) is 20.6 Å². The largest absolute Gasteiger partial charge is 0.372 e. The van der Waals surface area contributed by atoms with E-state index in [1.807, 2.05) is 20.8 Å². The number of carbonyl (C=O) groups is 1. The van der Waals surface area contributed by atoms with E-state index in [9.17, 15) is 4.79 Å². The molecule has 5 heteroatoms. The Kier molecular flexibility index (Phi) is 3.24. The molecule has 1 heterocycles. The Balaban J connectivity index is 2.75. The van der Waals surface area contributed by atoms with E-state index >= 15 is 0 Å². The Bertz CT molecular complexity index is 339. The lowest BCUT2D eigenvalue weighted by atomic mass is 10.1. The number of nitrogens with zero attached hydrogens (tertiary/aromatic N) is 2. The minimum absolute atomic E-state index is 0.211. The summed E-state index contributed by atoms with van der Waals surface area (Å²) in [4.78, 5) is 19.6. The topological polar surface area (TPSA) is 66.9 Å². The maximum Gasteiger partial charge on any atom is 0.271 e. The molecule has 15 heavy (non-hydrogen) atoms. The predicted molar refractivity (Wildman–Crippen MR) is 58.8 cm³/mol. The molecule has 2 N–H and O–H groups in total. The van der Waals surface area contributed by atoms with Gasteiger partial charge in [0, 0.05) is 12.6 Å². The number of nitrogens with one attached hydrogen (secondary N) is 2. The van der Waals surface area contributed by atoms with Crippen LogP contribution in [0.15, 0.2) is 12.4 Å². The van der Waals surface area contributed by atoms with Crippen LogP contribution < -0.4 is 10.6 Å². The molecule has 0 fully saturated rings. The third-order valence-electron chi connectivity index (χ3n) is 1.63. The molecule has 82 valence electrons. The molecule has 0 aliphatic carbocycles. The monoisotopic (exact) mass is 208 g/mol. The first-order chi connectivity index (χ1) is 6.92. The van der Waals surface area contributed by atoms with Gasteiger partial charge in [0.25, 0.3) is 5.91 Å². The maximum atomic E-state index is 11.6. The summed E-state index contributed by atoms with van der Waals surface area (Å²) in [7, 11) is 1.75. The van der Waals surface area contributed by atoms with Gasteiger partial charge in [-0.2, -0.15) is 0 Å². The summed E-state index contributed by atoms with van der Waals surface area (Å²) in [6.45, 7) is 5.75. The summed E-state index contributed by atoms with van der Waals surface area (Å²) in [6.07, 6.45) is 2.98. The molecule has 1 amide bonds. The number of hydrogen-bond donors (Lipinski definition) is 2. The van der Waals surface area contributed by atoms with Crippen LogP contribution in [0, 0.1) is 0 Å².